The lowest BCUT2D eigenvalue weighted by molar-refractivity contribution is -0.132. The number of carbonyl (C=O) groups excluding carboxylic acids is 2. The van der Waals surface area contributed by atoms with Gasteiger partial charge in [0, 0.05) is 18.3 Å². The third-order valence-electron chi connectivity index (χ3n) is 3.68. The van der Waals surface area contributed by atoms with Crippen molar-refractivity contribution >= 4 is 17.5 Å². The van der Waals surface area contributed by atoms with Crippen LogP contribution in [0.4, 0.5) is 5.69 Å². The molecule has 0 heterocycles. The van der Waals surface area contributed by atoms with Gasteiger partial charge < -0.3 is 15.0 Å². The van der Waals surface area contributed by atoms with E-state index in [2.05, 4.69) is 5.32 Å². The zero-order chi connectivity index (χ0) is 17.5. The van der Waals surface area contributed by atoms with Gasteiger partial charge in [0.05, 0.1) is 20.1 Å². The van der Waals surface area contributed by atoms with Gasteiger partial charge in [-0.2, -0.15) is 0 Å². The van der Waals surface area contributed by atoms with Crippen LogP contribution < -0.4 is 10.1 Å². The first kappa shape index (κ1) is 17.5. The van der Waals surface area contributed by atoms with Crippen LogP contribution in [0.15, 0.2) is 48.5 Å². The van der Waals surface area contributed by atoms with Gasteiger partial charge in [-0.05, 0) is 25.1 Å². The van der Waals surface area contributed by atoms with Gasteiger partial charge in [0.1, 0.15) is 5.75 Å². The molecule has 0 bridgehead atoms. The molecule has 0 radical (unpaired) electrons. The van der Waals surface area contributed by atoms with E-state index in [1.54, 1.807) is 14.2 Å². The summed E-state index contributed by atoms with van der Waals surface area (Å²) in [6, 6.07) is 14.9. The summed E-state index contributed by atoms with van der Waals surface area (Å²) >= 11 is 0. The molecule has 0 aliphatic rings. The molecule has 5 nitrogen and oxygen atoms in total. The molecule has 5 heteroatoms. The first-order valence-corrected chi connectivity index (χ1v) is 7.72. The maximum absolute atomic E-state index is 12.3. The number of hydrogen-bond acceptors (Lipinski definition) is 3. The number of rotatable bonds is 6. The Hall–Kier alpha value is -2.82. The predicted octanol–water partition coefficient (Wildman–Crippen LogP) is 2.64. The van der Waals surface area contributed by atoms with Gasteiger partial charge in [-0.15, -0.1) is 0 Å². The number of aryl methyl sites for hydroxylation is 1. The summed E-state index contributed by atoms with van der Waals surface area (Å²) in [5, 5.41) is 2.78. The van der Waals surface area contributed by atoms with Crippen LogP contribution in [0.1, 0.15) is 11.1 Å². The highest BCUT2D eigenvalue weighted by Crippen LogP contribution is 2.18. The number of ether oxygens (including phenoxy) is 1. The summed E-state index contributed by atoms with van der Waals surface area (Å²) in [6.45, 7) is 1.98. The molecule has 2 aromatic carbocycles. The maximum Gasteiger partial charge on any atom is 0.243 e. The molecular weight excluding hydrogens is 304 g/mol. The highest BCUT2D eigenvalue weighted by atomic mass is 16.5. The van der Waals surface area contributed by atoms with Gasteiger partial charge in [-0.25, -0.2) is 0 Å². The predicted molar refractivity (Wildman–Crippen MR) is 94.1 cm³/mol. The number of benzene rings is 2. The molecule has 0 aromatic heterocycles. The van der Waals surface area contributed by atoms with E-state index in [9.17, 15) is 9.59 Å². The Morgan fingerprint density at radius 1 is 1.08 bits per heavy atom. The molecule has 24 heavy (non-hydrogen) atoms. The number of para-hydroxylation sites is 1. The Morgan fingerprint density at radius 3 is 2.42 bits per heavy atom. The van der Waals surface area contributed by atoms with E-state index in [4.69, 9.17) is 4.74 Å². The second-order valence-electron chi connectivity index (χ2n) is 5.65. The minimum absolute atomic E-state index is 0.00184. The topological polar surface area (TPSA) is 58.6 Å². The van der Waals surface area contributed by atoms with Crippen LogP contribution in [0.3, 0.4) is 0 Å². The monoisotopic (exact) mass is 326 g/mol. The fourth-order valence-electron chi connectivity index (χ4n) is 2.29. The van der Waals surface area contributed by atoms with Crippen molar-refractivity contribution in [3.05, 3.63) is 59.7 Å². The molecule has 2 amide bonds. The van der Waals surface area contributed by atoms with Crippen LogP contribution in [0.25, 0.3) is 0 Å². The smallest absolute Gasteiger partial charge is 0.243 e. The largest absolute Gasteiger partial charge is 0.496 e. The van der Waals surface area contributed by atoms with E-state index in [0.717, 1.165) is 16.8 Å². The van der Waals surface area contributed by atoms with Gasteiger partial charge in [-0.3, -0.25) is 9.59 Å². The quantitative estimate of drug-likeness (QED) is 0.888. The number of carbonyl (C=O) groups is 2. The third-order valence-corrected chi connectivity index (χ3v) is 3.68. The van der Waals surface area contributed by atoms with Crippen LogP contribution in [0.2, 0.25) is 0 Å². The van der Waals surface area contributed by atoms with E-state index in [1.165, 1.54) is 4.90 Å². The van der Waals surface area contributed by atoms with E-state index >= 15 is 0 Å². The van der Waals surface area contributed by atoms with Crippen molar-refractivity contribution < 1.29 is 14.3 Å². The van der Waals surface area contributed by atoms with Crippen molar-refractivity contribution in [3.63, 3.8) is 0 Å². The summed E-state index contributed by atoms with van der Waals surface area (Å²) in [7, 11) is 3.19. The Labute approximate surface area is 142 Å². The zero-order valence-corrected chi connectivity index (χ0v) is 14.2. The van der Waals surface area contributed by atoms with Gasteiger partial charge in [-0.1, -0.05) is 35.9 Å². The number of nitrogens with one attached hydrogen (secondary N) is 1. The van der Waals surface area contributed by atoms with Crippen LogP contribution in [0.5, 0.6) is 5.75 Å². The van der Waals surface area contributed by atoms with Gasteiger partial charge in [0.2, 0.25) is 11.8 Å². The van der Waals surface area contributed by atoms with Crippen LogP contribution in [-0.2, 0) is 16.0 Å². The molecule has 0 aliphatic carbocycles. The number of nitrogens with zero attached hydrogens (tertiary/aromatic N) is 1. The lowest BCUT2D eigenvalue weighted by atomic mass is 10.1. The highest BCUT2D eigenvalue weighted by molar-refractivity contribution is 5.94. The molecule has 0 fully saturated rings. The Bertz CT molecular complexity index is 711. The number of amides is 2. The van der Waals surface area contributed by atoms with Gasteiger partial charge >= 0.3 is 0 Å². The highest BCUT2D eigenvalue weighted by Gasteiger charge is 2.15. The van der Waals surface area contributed by atoms with Crippen molar-refractivity contribution in [1.82, 2.24) is 4.90 Å². The first-order chi connectivity index (χ1) is 11.5. The van der Waals surface area contributed by atoms with E-state index < -0.39 is 0 Å². The normalized spacial score (nSPS) is 10.1. The fourth-order valence-corrected chi connectivity index (χ4v) is 2.29. The average molecular weight is 326 g/mol. The van der Waals surface area contributed by atoms with Crippen LogP contribution in [-0.4, -0.2) is 37.4 Å². The molecule has 2 rings (SSSR count). The number of methoxy groups -OCH3 is 1. The second-order valence-corrected chi connectivity index (χ2v) is 5.65. The summed E-state index contributed by atoms with van der Waals surface area (Å²) in [6.07, 6.45) is 0.193. The first-order valence-electron chi connectivity index (χ1n) is 7.72. The molecule has 2 aromatic rings. The van der Waals surface area contributed by atoms with Crippen LogP contribution in [0, 0.1) is 6.92 Å². The number of hydrogen-bond donors (Lipinski definition) is 1. The molecular formula is C19H22N2O3. The van der Waals surface area contributed by atoms with Crippen LogP contribution >= 0.6 is 0 Å². The lowest BCUT2D eigenvalue weighted by Crippen LogP contribution is -2.35. The molecule has 0 unspecified atom stereocenters. The van der Waals surface area contributed by atoms with Crippen molar-refractivity contribution in [1.29, 1.82) is 0 Å². The maximum atomic E-state index is 12.3. The SMILES string of the molecule is COc1ccccc1CC(=O)N(C)CC(=O)Nc1ccc(C)cc1. The van der Waals surface area contributed by atoms with E-state index in [0.29, 0.717) is 5.75 Å². The number of likely N-dealkylation sites (N-methyl/N-ethyl adjacent to an activating group) is 1. The van der Waals surface area contributed by atoms with Crippen molar-refractivity contribution in [3.8, 4) is 5.75 Å². The molecule has 126 valence electrons. The third kappa shape index (κ3) is 4.84. The molecule has 1 N–H and O–H groups in total. The van der Waals surface area contributed by atoms with Crippen molar-refractivity contribution in [2.75, 3.05) is 26.0 Å². The van der Waals surface area contributed by atoms with E-state index in [-0.39, 0.29) is 24.8 Å². The van der Waals surface area contributed by atoms with Crippen molar-refractivity contribution in [2.24, 2.45) is 0 Å². The Morgan fingerprint density at radius 2 is 1.75 bits per heavy atom. The number of anilines is 1. The minimum atomic E-state index is -0.227. The molecule has 0 saturated carbocycles. The standard InChI is InChI=1S/C19H22N2O3/c1-14-8-10-16(11-9-14)20-18(22)13-21(2)19(23)12-15-6-4-5-7-17(15)24-3/h4-11H,12-13H2,1-3H3,(H,20,22). The average Bonchev–Trinajstić information content (AvgIpc) is 2.57. The van der Waals surface area contributed by atoms with E-state index in [1.807, 2.05) is 55.5 Å². The summed E-state index contributed by atoms with van der Waals surface area (Å²) in [5.74, 6) is 0.302. The molecule has 0 saturated heterocycles. The minimum Gasteiger partial charge on any atom is -0.496 e. The molecule has 0 spiro atoms. The Balaban J connectivity index is 1.91. The van der Waals surface area contributed by atoms with Gasteiger partial charge in [0.25, 0.3) is 0 Å². The van der Waals surface area contributed by atoms with Gasteiger partial charge in [0.15, 0.2) is 0 Å². The summed E-state index contributed by atoms with van der Waals surface area (Å²) in [5.41, 5.74) is 2.64. The Kier molecular flexibility index (Phi) is 5.95. The summed E-state index contributed by atoms with van der Waals surface area (Å²) in [4.78, 5) is 25.8. The zero-order valence-electron chi connectivity index (χ0n) is 14.2. The second kappa shape index (κ2) is 8.15. The van der Waals surface area contributed by atoms with Crippen molar-refractivity contribution in [2.45, 2.75) is 13.3 Å². The fraction of sp³-hybridized carbons (Fsp3) is 0.263. The summed E-state index contributed by atoms with van der Waals surface area (Å²) < 4.78 is 5.25. The lowest BCUT2D eigenvalue weighted by Gasteiger charge is -2.17. The molecule has 0 atom stereocenters. The molecule has 0 aliphatic heterocycles.